The zero-order valence-electron chi connectivity index (χ0n) is 16.2. The fourth-order valence-electron chi connectivity index (χ4n) is 3.66. The Morgan fingerprint density at radius 1 is 1.07 bits per heavy atom. The maximum atomic E-state index is 13.0. The van der Waals surface area contributed by atoms with Gasteiger partial charge < -0.3 is 9.80 Å². The molecule has 1 saturated heterocycles. The number of carbonyl (C=O) groups excluding carboxylic acids is 2. The van der Waals surface area contributed by atoms with Crippen LogP contribution in [0.15, 0.2) is 54.6 Å². The van der Waals surface area contributed by atoms with Crippen LogP contribution in [-0.4, -0.2) is 41.2 Å². The van der Waals surface area contributed by atoms with Crippen LogP contribution in [0.4, 0.5) is 0 Å². The number of amides is 2. The Bertz CT molecular complexity index is 788. The largest absolute Gasteiger partial charge is 0.338 e. The van der Waals surface area contributed by atoms with Gasteiger partial charge in [-0.2, -0.15) is 0 Å². The second-order valence-corrected chi connectivity index (χ2v) is 7.38. The minimum atomic E-state index is -0.0389. The number of hydrogen-bond acceptors (Lipinski definition) is 2. The number of carbonyl (C=O) groups is 2. The van der Waals surface area contributed by atoms with Gasteiger partial charge in [-0.1, -0.05) is 43.3 Å². The number of benzene rings is 2. The smallest absolute Gasteiger partial charge is 0.254 e. The van der Waals surface area contributed by atoms with Gasteiger partial charge in [-0.3, -0.25) is 9.59 Å². The molecule has 3 rings (SSSR count). The highest BCUT2D eigenvalue weighted by atomic mass is 16.2. The average Bonchev–Trinajstić information content (AvgIpc) is 2.72. The van der Waals surface area contributed by atoms with Crippen LogP contribution >= 0.6 is 0 Å². The maximum Gasteiger partial charge on any atom is 0.254 e. The van der Waals surface area contributed by atoms with Crippen LogP contribution in [0.1, 0.15) is 53.0 Å². The van der Waals surface area contributed by atoms with Crippen LogP contribution in [-0.2, 0) is 6.54 Å². The van der Waals surface area contributed by atoms with Gasteiger partial charge >= 0.3 is 0 Å². The van der Waals surface area contributed by atoms with Crippen LogP contribution in [0.25, 0.3) is 0 Å². The van der Waals surface area contributed by atoms with Gasteiger partial charge in [0.25, 0.3) is 11.8 Å². The third kappa shape index (κ3) is 4.76. The quantitative estimate of drug-likeness (QED) is 0.797. The van der Waals surface area contributed by atoms with Gasteiger partial charge in [0.1, 0.15) is 0 Å². The van der Waals surface area contributed by atoms with Gasteiger partial charge in [0.05, 0.1) is 0 Å². The second-order valence-electron chi connectivity index (χ2n) is 7.38. The van der Waals surface area contributed by atoms with Crippen molar-refractivity contribution >= 4 is 11.8 Å². The van der Waals surface area contributed by atoms with Crippen LogP contribution in [0.2, 0.25) is 0 Å². The number of likely N-dealkylation sites (tertiary alicyclic amines) is 1. The van der Waals surface area contributed by atoms with E-state index in [0.717, 1.165) is 25.1 Å². The van der Waals surface area contributed by atoms with Crippen molar-refractivity contribution in [2.75, 3.05) is 19.6 Å². The average molecular weight is 364 g/mol. The van der Waals surface area contributed by atoms with E-state index in [1.165, 1.54) is 6.42 Å². The highest BCUT2D eigenvalue weighted by Gasteiger charge is 2.23. The Labute approximate surface area is 161 Å². The zero-order chi connectivity index (χ0) is 19.2. The molecule has 0 aliphatic carbocycles. The molecule has 2 aromatic carbocycles. The highest BCUT2D eigenvalue weighted by Crippen LogP contribution is 2.19. The van der Waals surface area contributed by atoms with Crippen LogP contribution in [0, 0.1) is 5.92 Å². The third-order valence-electron chi connectivity index (χ3n) is 5.19. The van der Waals surface area contributed by atoms with Crippen LogP contribution < -0.4 is 0 Å². The van der Waals surface area contributed by atoms with Crippen molar-refractivity contribution in [2.24, 2.45) is 5.92 Å². The Balaban J connectivity index is 1.75. The number of piperidine rings is 1. The van der Waals surface area contributed by atoms with Crippen LogP contribution in [0.5, 0.6) is 0 Å². The molecule has 0 aromatic heterocycles. The fourth-order valence-corrected chi connectivity index (χ4v) is 3.66. The molecule has 0 bridgehead atoms. The van der Waals surface area contributed by atoms with Crippen molar-refractivity contribution in [1.82, 2.24) is 9.80 Å². The van der Waals surface area contributed by atoms with Crippen molar-refractivity contribution in [2.45, 2.75) is 33.2 Å². The molecule has 0 radical (unpaired) electrons. The molecular weight excluding hydrogens is 336 g/mol. The molecule has 0 saturated carbocycles. The van der Waals surface area contributed by atoms with E-state index >= 15 is 0 Å². The van der Waals surface area contributed by atoms with Crippen molar-refractivity contribution < 1.29 is 9.59 Å². The molecule has 1 heterocycles. The predicted molar refractivity (Wildman–Crippen MR) is 108 cm³/mol. The molecule has 4 heteroatoms. The van der Waals surface area contributed by atoms with E-state index in [0.29, 0.717) is 30.1 Å². The monoisotopic (exact) mass is 364 g/mol. The molecule has 0 spiro atoms. The molecule has 1 aliphatic rings. The summed E-state index contributed by atoms with van der Waals surface area (Å²) < 4.78 is 0. The first-order valence-electron chi connectivity index (χ1n) is 9.81. The van der Waals surface area contributed by atoms with Gasteiger partial charge in [-0.25, -0.2) is 0 Å². The van der Waals surface area contributed by atoms with Crippen molar-refractivity contribution in [3.8, 4) is 0 Å². The summed E-state index contributed by atoms with van der Waals surface area (Å²) in [4.78, 5) is 29.6. The lowest BCUT2D eigenvalue weighted by atomic mass is 9.99. The van der Waals surface area contributed by atoms with Gasteiger partial charge in [-0.15, -0.1) is 0 Å². The molecule has 1 atom stereocenters. The van der Waals surface area contributed by atoms with E-state index < -0.39 is 0 Å². The highest BCUT2D eigenvalue weighted by molar-refractivity contribution is 5.99. The molecule has 27 heavy (non-hydrogen) atoms. The summed E-state index contributed by atoms with van der Waals surface area (Å²) in [5, 5.41) is 0. The van der Waals surface area contributed by atoms with Gasteiger partial charge in [0.15, 0.2) is 0 Å². The summed E-state index contributed by atoms with van der Waals surface area (Å²) in [6.07, 6.45) is 2.22. The Kier molecular flexibility index (Phi) is 6.28. The zero-order valence-corrected chi connectivity index (χ0v) is 16.2. The summed E-state index contributed by atoms with van der Waals surface area (Å²) in [7, 11) is 0. The summed E-state index contributed by atoms with van der Waals surface area (Å²) in [6, 6.07) is 17.1. The fraction of sp³-hybridized carbons (Fsp3) is 0.391. The van der Waals surface area contributed by atoms with Crippen molar-refractivity contribution in [3.63, 3.8) is 0 Å². The lowest BCUT2D eigenvalue weighted by Crippen LogP contribution is -2.39. The van der Waals surface area contributed by atoms with E-state index in [4.69, 9.17) is 0 Å². The normalized spacial score (nSPS) is 16.8. The molecule has 2 aromatic rings. The van der Waals surface area contributed by atoms with E-state index in [1.807, 2.05) is 59.2 Å². The van der Waals surface area contributed by atoms with E-state index in [1.54, 1.807) is 12.1 Å². The van der Waals surface area contributed by atoms with Crippen molar-refractivity contribution in [1.29, 1.82) is 0 Å². The van der Waals surface area contributed by atoms with Gasteiger partial charge in [0, 0.05) is 37.3 Å². The molecule has 142 valence electrons. The molecule has 2 amide bonds. The summed E-state index contributed by atoms with van der Waals surface area (Å²) in [5.74, 6) is 0.527. The number of nitrogens with zero attached hydrogens (tertiary/aromatic N) is 2. The molecule has 4 nitrogen and oxygen atoms in total. The van der Waals surface area contributed by atoms with Crippen molar-refractivity contribution in [3.05, 3.63) is 71.3 Å². The third-order valence-corrected chi connectivity index (χ3v) is 5.19. The topological polar surface area (TPSA) is 40.6 Å². The molecular formula is C23H28N2O2. The Morgan fingerprint density at radius 3 is 2.52 bits per heavy atom. The molecule has 0 N–H and O–H groups in total. The summed E-state index contributed by atoms with van der Waals surface area (Å²) in [5.41, 5.74) is 2.27. The van der Waals surface area contributed by atoms with E-state index in [9.17, 15) is 9.59 Å². The van der Waals surface area contributed by atoms with E-state index in [-0.39, 0.29) is 11.8 Å². The minimum absolute atomic E-state index is 0.0299. The lowest BCUT2D eigenvalue weighted by molar-refractivity contribution is 0.0683. The summed E-state index contributed by atoms with van der Waals surface area (Å²) >= 11 is 0. The lowest BCUT2D eigenvalue weighted by Gasteiger charge is -2.31. The first kappa shape index (κ1) is 19.2. The molecule has 1 aliphatic heterocycles. The SMILES string of the molecule is CCN(Cc1ccccc1)C(=O)c1cccc(C(=O)N2CCCC(C)C2)c1. The van der Waals surface area contributed by atoms with E-state index in [2.05, 4.69) is 6.92 Å². The number of hydrogen-bond donors (Lipinski definition) is 0. The number of rotatable bonds is 5. The van der Waals surface area contributed by atoms with Crippen LogP contribution in [0.3, 0.4) is 0 Å². The Hall–Kier alpha value is -2.62. The van der Waals surface area contributed by atoms with Gasteiger partial charge in [0.2, 0.25) is 0 Å². The summed E-state index contributed by atoms with van der Waals surface area (Å²) in [6.45, 7) is 6.95. The maximum absolute atomic E-state index is 13.0. The predicted octanol–water partition coefficient (Wildman–Crippen LogP) is 4.22. The Morgan fingerprint density at radius 2 is 1.81 bits per heavy atom. The second kappa shape index (κ2) is 8.85. The van der Waals surface area contributed by atoms with Gasteiger partial charge in [-0.05, 0) is 49.4 Å². The first-order chi connectivity index (χ1) is 13.1. The molecule has 1 fully saturated rings. The molecule has 1 unspecified atom stereocenters. The standard InChI is InChI=1S/C23H28N2O2/c1-3-24(17-19-10-5-4-6-11-19)22(26)20-12-7-13-21(15-20)23(27)25-14-8-9-18(2)16-25/h4-7,10-13,15,18H,3,8-9,14,16-17H2,1-2H3. The minimum Gasteiger partial charge on any atom is -0.338 e. The first-order valence-corrected chi connectivity index (χ1v) is 9.81.